The molecule has 0 aliphatic rings. The van der Waals surface area contributed by atoms with Gasteiger partial charge >= 0.3 is 0 Å². The number of carbonyl (C=O) groups is 2. The van der Waals surface area contributed by atoms with E-state index in [0.717, 1.165) is 11.1 Å². The van der Waals surface area contributed by atoms with E-state index in [1.54, 1.807) is 48.6 Å². The van der Waals surface area contributed by atoms with Gasteiger partial charge < -0.3 is 28.9 Å². The van der Waals surface area contributed by atoms with E-state index in [2.05, 4.69) is 10.6 Å². The molecular formula is C28H24N2O6. The van der Waals surface area contributed by atoms with E-state index < -0.39 is 0 Å². The van der Waals surface area contributed by atoms with Gasteiger partial charge in [0, 0.05) is 12.2 Å². The Bertz CT molecular complexity index is 1280. The highest BCUT2D eigenvalue weighted by molar-refractivity contribution is 6.03. The molecule has 0 bridgehead atoms. The van der Waals surface area contributed by atoms with E-state index in [-0.39, 0.29) is 11.8 Å². The first-order chi connectivity index (χ1) is 17.6. The first-order valence-corrected chi connectivity index (χ1v) is 11.0. The summed E-state index contributed by atoms with van der Waals surface area (Å²) in [5, 5.41) is 5.60. The molecule has 0 radical (unpaired) electrons. The normalized spacial score (nSPS) is 11.1. The summed E-state index contributed by atoms with van der Waals surface area (Å²) in [4.78, 5) is 24.6. The van der Waals surface area contributed by atoms with Gasteiger partial charge in [0.05, 0.1) is 38.1 Å². The van der Waals surface area contributed by atoms with Crippen molar-refractivity contribution < 1.29 is 27.9 Å². The number of nitrogens with one attached hydrogen (secondary N) is 2. The van der Waals surface area contributed by atoms with E-state index in [1.807, 2.05) is 24.3 Å². The summed E-state index contributed by atoms with van der Waals surface area (Å²) >= 11 is 0. The van der Waals surface area contributed by atoms with Gasteiger partial charge in [0.15, 0.2) is 0 Å². The van der Waals surface area contributed by atoms with Crippen molar-refractivity contribution in [2.45, 2.75) is 0 Å². The number of carbonyl (C=O) groups excluding carboxylic acids is 2. The quantitative estimate of drug-likeness (QED) is 0.289. The Morgan fingerprint density at radius 3 is 1.50 bits per heavy atom. The fourth-order valence-corrected chi connectivity index (χ4v) is 3.38. The van der Waals surface area contributed by atoms with Crippen molar-refractivity contribution in [3.63, 3.8) is 0 Å². The third-order valence-electron chi connectivity index (χ3n) is 5.14. The molecule has 0 saturated carbocycles. The molecular weight excluding hydrogens is 460 g/mol. The first-order valence-electron chi connectivity index (χ1n) is 11.0. The molecule has 4 rings (SSSR count). The maximum atomic E-state index is 12.3. The molecule has 2 aromatic carbocycles. The zero-order chi connectivity index (χ0) is 25.3. The lowest BCUT2D eigenvalue weighted by atomic mass is 10.0. The number of furan rings is 2. The molecule has 8 heteroatoms. The number of amides is 2. The minimum absolute atomic E-state index is 0.319. The van der Waals surface area contributed by atoms with E-state index in [1.165, 1.54) is 38.9 Å². The standard InChI is InChI=1S/C28H24N2O6/c1-33-25-17-19(7-11-23(25)29-27(31)13-9-21-5-3-15-35-21)20-8-12-24(26(18-20)34-2)30-28(32)14-10-22-6-4-16-36-22/h3-18H,1-2H3,(H,29,31)(H,30,32)/b13-9+,14-10?. The van der Waals surface area contributed by atoms with Crippen LogP contribution in [-0.4, -0.2) is 26.0 Å². The van der Waals surface area contributed by atoms with Crippen molar-refractivity contribution >= 4 is 35.3 Å². The summed E-state index contributed by atoms with van der Waals surface area (Å²) in [6, 6.07) is 17.8. The van der Waals surface area contributed by atoms with Crippen molar-refractivity contribution in [3.8, 4) is 22.6 Å². The average molecular weight is 485 g/mol. The van der Waals surface area contributed by atoms with Gasteiger partial charge in [0.1, 0.15) is 23.0 Å². The van der Waals surface area contributed by atoms with Crippen LogP contribution in [0.3, 0.4) is 0 Å². The molecule has 8 nitrogen and oxygen atoms in total. The van der Waals surface area contributed by atoms with Crippen LogP contribution < -0.4 is 20.1 Å². The lowest BCUT2D eigenvalue weighted by Gasteiger charge is -2.14. The fraction of sp³-hybridized carbons (Fsp3) is 0.0714. The third kappa shape index (κ3) is 6.12. The summed E-state index contributed by atoms with van der Waals surface area (Å²) in [5.74, 6) is 1.50. The molecule has 0 aliphatic heterocycles. The van der Waals surface area contributed by atoms with E-state index >= 15 is 0 Å². The SMILES string of the molecule is COc1cc(-c2ccc(NC(=O)/C=C/c3ccco3)c(OC)c2)ccc1NC(=O)C=Cc1ccco1. The zero-order valence-corrected chi connectivity index (χ0v) is 19.7. The summed E-state index contributed by atoms with van der Waals surface area (Å²) < 4.78 is 21.4. The zero-order valence-electron chi connectivity index (χ0n) is 19.7. The van der Waals surface area contributed by atoms with E-state index in [4.69, 9.17) is 18.3 Å². The lowest BCUT2D eigenvalue weighted by molar-refractivity contribution is -0.112. The molecule has 2 N–H and O–H groups in total. The second-order valence-corrected chi connectivity index (χ2v) is 7.51. The molecule has 182 valence electrons. The Morgan fingerprint density at radius 1 is 0.694 bits per heavy atom. The molecule has 0 fully saturated rings. The Morgan fingerprint density at radius 2 is 1.14 bits per heavy atom. The maximum absolute atomic E-state index is 12.3. The number of anilines is 2. The third-order valence-corrected chi connectivity index (χ3v) is 5.14. The van der Waals surface area contributed by atoms with Gasteiger partial charge in [0.2, 0.25) is 11.8 Å². The minimum atomic E-state index is -0.319. The number of hydrogen-bond donors (Lipinski definition) is 2. The Kier molecular flexibility index (Phi) is 7.67. The van der Waals surface area contributed by atoms with Crippen LogP contribution in [0.25, 0.3) is 23.3 Å². The van der Waals surface area contributed by atoms with Gasteiger partial charge in [-0.1, -0.05) is 12.1 Å². The van der Waals surface area contributed by atoms with Gasteiger partial charge in [-0.2, -0.15) is 0 Å². The van der Waals surface area contributed by atoms with Crippen molar-refractivity contribution in [1.29, 1.82) is 0 Å². The average Bonchev–Trinajstić information content (AvgIpc) is 3.61. The highest BCUT2D eigenvalue weighted by Gasteiger charge is 2.12. The van der Waals surface area contributed by atoms with Crippen LogP contribution in [0.1, 0.15) is 11.5 Å². The van der Waals surface area contributed by atoms with Gasteiger partial charge in [-0.3, -0.25) is 9.59 Å². The van der Waals surface area contributed by atoms with Crippen LogP contribution in [0.5, 0.6) is 11.5 Å². The maximum Gasteiger partial charge on any atom is 0.248 e. The highest BCUT2D eigenvalue weighted by atomic mass is 16.5. The molecule has 2 aromatic heterocycles. The predicted octanol–water partition coefficient (Wildman–Crippen LogP) is 5.86. The molecule has 2 amide bonds. The molecule has 0 atom stereocenters. The van der Waals surface area contributed by atoms with Crippen molar-refractivity contribution in [3.05, 3.63) is 96.9 Å². The van der Waals surface area contributed by atoms with Gasteiger partial charge in [0.25, 0.3) is 0 Å². The molecule has 36 heavy (non-hydrogen) atoms. The number of rotatable bonds is 9. The summed E-state index contributed by atoms with van der Waals surface area (Å²) in [7, 11) is 3.06. The lowest BCUT2D eigenvalue weighted by Crippen LogP contribution is -2.09. The molecule has 0 aliphatic carbocycles. The summed E-state index contributed by atoms with van der Waals surface area (Å²) in [5.41, 5.74) is 2.72. The van der Waals surface area contributed by atoms with Crippen molar-refractivity contribution in [1.82, 2.24) is 0 Å². The Labute approximate surface area is 207 Å². The number of methoxy groups -OCH3 is 2. The molecule has 2 heterocycles. The Hall–Kier alpha value is -4.98. The Balaban J connectivity index is 1.48. The fourth-order valence-electron chi connectivity index (χ4n) is 3.38. The van der Waals surface area contributed by atoms with Crippen LogP contribution in [0, 0.1) is 0 Å². The summed E-state index contributed by atoms with van der Waals surface area (Å²) in [6.07, 6.45) is 9.00. The van der Waals surface area contributed by atoms with Crippen molar-refractivity contribution in [2.75, 3.05) is 24.9 Å². The minimum Gasteiger partial charge on any atom is -0.495 e. The van der Waals surface area contributed by atoms with Crippen LogP contribution in [0.4, 0.5) is 11.4 Å². The second-order valence-electron chi connectivity index (χ2n) is 7.51. The first kappa shape index (κ1) is 24.2. The second kappa shape index (κ2) is 11.4. The number of ether oxygens (including phenoxy) is 2. The summed E-state index contributed by atoms with van der Waals surface area (Å²) in [6.45, 7) is 0. The van der Waals surface area contributed by atoms with Crippen LogP contribution in [-0.2, 0) is 9.59 Å². The smallest absolute Gasteiger partial charge is 0.248 e. The topological polar surface area (TPSA) is 103 Å². The van der Waals surface area contributed by atoms with E-state index in [0.29, 0.717) is 34.4 Å². The predicted molar refractivity (Wildman–Crippen MR) is 138 cm³/mol. The van der Waals surface area contributed by atoms with E-state index in [9.17, 15) is 9.59 Å². The highest BCUT2D eigenvalue weighted by Crippen LogP contribution is 2.35. The van der Waals surface area contributed by atoms with Crippen LogP contribution in [0.2, 0.25) is 0 Å². The molecule has 4 aromatic rings. The van der Waals surface area contributed by atoms with Gasteiger partial charge in [-0.15, -0.1) is 0 Å². The van der Waals surface area contributed by atoms with Crippen LogP contribution in [0.15, 0.2) is 94.2 Å². The van der Waals surface area contributed by atoms with Crippen LogP contribution >= 0.6 is 0 Å². The largest absolute Gasteiger partial charge is 0.495 e. The molecule has 0 saturated heterocycles. The number of hydrogen-bond acceptors (Lipinski definition) is 6. The van der Waals surface area contributed by atoms with Gasteiger partial charge in [-0.05, 0) is 71.8 Å². The van der Waals surface area contributed by atoms with Gasteiger partial charge in [-0.25, -0.2) is 0 Å². The molecule has 0 unspecified atom stereocenters. The monoisotopic (exact) mass is 484 g/mol. The molecule has 0 spiro atoms. The van der Waals surface area contributed by atoms with Crippen molar-refractivity contribution in [2.24, 2.45) is 0 Å². The number of benzene rings is 2.